The molecule has 23 aromatic rings. The zero-order valence-electron chi connectivity index (χ0n) is 63.1. The minimum Gasteiger partial charge on any atom is -0.374 e. The van der Waals surface area contributed by atoms with Crippen LogP contribution in [0.1, 0.15) is 114 Å². The van der Waals surface area contributed by atoms with Crippen LogP contribution in [0.15, 0.2) is 242 Å². The number of aromatic amines is 9. The molecule has 18 heteroatoms. The zero-order valence-corrected chi connectivity index (χ0v) is 63.1. The van der Waals surface area contributed by atoms with E-state index in [4.69, 9.17) is 39.9 Å². The fraction of sp³-hybridized carbons (Fsp3) is 0.0392. The Hall–Kier alpha value is -16.3. The topological polar surface area (TPSA) is 257 Å². The number of nitrogens with zero attached hydrogens (tertiary/aromatic N) is 8. The molecule has 8 aliphatic rings. The summed E-state index contributed by atoms with van der Waals surface area (Å²) in [5, 5.41) is 21.1. The lowest BCUT2D eigenvalue weighted by molar-refractivity contribution is 0.836. The molecule has 4 aliphatic heterocycles. The normalized spacial score (nSPS) is 17.1. The summed E-state index contributed by atoms with van der Waals surface area (Å²) >= 11 is 0. The Morgan fingerprint density at radius 2 is 0.792 bits per heavy atom. The van der Waals surface area contributed by atoms with Gasteiger partial charge in [0.15, 0.2) is 0 Å². The van der Waals surface area contributed by atoms with Crippen molar-refractivity contribution in [3.63, 3.8) is 0 Å². The van der Waals surface area contributed by atoms with Crippen molar-refractivity contribution in [3.8, 4) is 11.1 Å². The van der Waals surface area contributed by atoms with Gasteiger partial charge in [-0.05, 0) is 168 Å². The highest BCUT2D eigenvalue weighted by Crippen LogP contribution is 2.51. The van der Waals surface area contributed by atoms with Crippen LogP contribution in [0.25, 0.3) is 194 Å². The second kappa shape index (κ2) is 21.2. The Bertz CT molecular complexity index is 9540. The van der Waals surface area contributed by atoms with Crippen molar-refractivity contribution in [2.75, 3.05) is 0 Å². The summed E-state index contributed by atoms with van der Waals surface area (Å²) < 4.78 is 0. The second-order valence-electron chi connectivity index (χ2n) is 33.8. The number of pyridine rings is 8. The first-order valence-electron chi connectivity index (χ1n) is 40.9. The first kappa shape index (κ1) is 61.2. The average molecular weight is 1530 g/mol. The minimum atomic E-state index is -0.405. The first-order valence-corrected chi connectivity index (χ1v) is 40.9. The highest BCUT2D eigenvalue weighted by atomic mass is 15.0. The standard InChI is InChI=1S/C102H56N18/c1-3-45-11-19-73-83-65-39-57-35-59-41-67-85-75-24-16-50-8-6-48-14-22-72(118-94(48)96(50)120-75)82-64-38-56-34-54-30-52-32-78-62(26-28-104-78)80(88(52)106-54)70-18-10-44-2-4-46-12-20-74(116-92(46)90(44)114-70)84(98(64)108-56)66-40-58(110-100(66)82)36-60-42-68(102(85)112-60)86(101(67)111-59)76-23-15-49-7-5-47-13-21-71(117-93(47)95(49)119-76)81(99(65)109-57)63-37-55(107-97(63)83)33-53-29-51-31-77-61(25-27-103-77)79(87(51)105-53)69-17-9-43(1)89(113-69)91(45)115-73/h1-42,81,84-85,88,103-112H. The van der Waals surface area contributed by atoms with Crippen LogP contribution < -0.4 is 37.3 Å². The third-order valence-electron chi connectivity index (χ3n) is 27.2. The minimum absolute atomic E-state index is 0.123. The molecule has 10 N–H and O–H groups in total. The van der Waals surface area contributed by atoms with Crippen LogP contribution >= 0.6 is 0 Å². The number of hydrogen-bond donors (Lipinski definition) is 10. The van der Waals surface area contributed by atoms with Gasteiger partial charge in [-0.25, -0.2) is 39.9 Å². The predicted octanol–water partition coefficient (Wildman–Crippen LogP) is 15.5. The van der Waals surface area contributed by atoms with E-state index in [1.165, 1.54) is 5.57 Å². The van der Waals surface area contributed by atoms with Crippen LogP contribution in [-0.2, 0) is 0 Å². The third kappa shape index (κ3) is 7.96. The van der Waals surface area contributed by atoms with Crippen molar-refractivity contribution in [1.29, 1.82) is 0 Å². The van der Waals surface area contributed by atoms with Crippen LogP contribution in [-0.4, -0.2) is 90.8 Å². The molecular weight excluding hydrogens is 1480 g/mol. The predicted molar refractivity (Wildman–Crippen MR) is 472 cm³/mol. The van der Waals surface area contributed by atoms with Crippen molar-refractivity contribution < 1.29 is 0 Å². The summed E-state index contributed by atoms with van der Waals surface area (Å²) in [5.41, 5.74) is 36.8. The second-order valence-corrected chi connectivity index (χ2v) is 33.8. The molecule has 4 aliphatic carbocycles. The molecule has 554 valence electrons. The van der Waals surface area contributed by atoms with Crippen LogP contribution in [0.5, 0.6) is 0 Å². The van der Waals surface area contributed by atoms with Gasteiger partial charge in [0.1, 0.15) is 0 Å². The zero-order chi connectivity index (χ0) is 77.1. The van der Waals surface area contributed by atoms with Crippen LogP contribution in [0, 0.1) is 0 Å². The molecule has 0 radical (unpaired) electrons. The Balaban J connectivity index is 0.656. The fourth-order valence-electron chi connectivity index (χ4n) is 22.1. The Kier molecular flexibility index (Phi) is 10.8. The highest BCUT2D eigenvalue weighted by Gasteiger charge is 2.39. The molecule has 4 atom stereocenters. The molecule has 31 rings (SSSR count). The van der Waals surface area contributed by atoms with Gasteiger partial charge < -0.3 is 50.2 Å². The maximum atomic E-state index is 5.93. The molecule has 22 heterocycles. The van der Waals surface area contributed by atoms with Gasteiger partial charge in [0.2, 0.25) is 0 Å². The molecule has 18 nitrogen and oxygen atoms in total. The lowest BCUT2D eigenvalue weighted by Gasteiger charge is -2.24. The number of nitrogens with one attached hydrogen (secondary N) is 10. The molecule has 5 aromatic carbocycles. The van der Waals surface area contributed by atoms with Crippen molar-refractivity contribution in [2.45, 2.75) is 23.8 Å². The monoisotopic (exact) mass is 1530 g/mol. The van der Waals surface area contributed by atoms with Crippen LogP contribution in [0.2, 0.25) is 0 Å². The van der Waals surface area contributed by atoms with Gasteiger partial charge in [-0.3, -0.25) is 0 Å². The van der Waals surface area contributed by atoms with E-state index in [2.05, 4.69) is 293 Å². The van der Waals surface area contributed by atoms with E-state index < -0.39 is 5.92 Å². The molecule has 0 saturated heterocycles. The van der Waals surface area contributed by atoms with E-state index in [0.29, 0.717) is 0 Å². The molecule has 4 unspecified atom stereocenters. The fourth-order valence-corrected chi connectivity index (χ4v) is 22.1. The van der Waals surface area contributed by atoms with E-state index in [9.17, 15) is 0 Å². The molecule has 32 bridgehead atoms. The molecular formula is C102H56N18. The Morgan fingerprint density at radius 3 is 1.40 bits per heavy atom. The molecule has 0 saturated carbocycles. The van der Waals surface area contributed by atoms with Crippen LogP contribution in [0.4, 0.5) is 0 Å². The van der Waals surface area contributed by atoms with E-state index >= 15 is 0 Å². The summed E-state index contributed by atoms with van der Waals surface area (Å²) in [6, 6.07) is 77.5. The maximum Gasteiger partial charge on any atom is 0.0972 e. The lowest BCUT2D eigenvalue weighted by Crippen LogP contribution is -2.39. The number of allylic oxidation sites excluding steroid dienone is 1. The molecule has 18 aromatic heterocycles. The van der Waals surface area contributed by atoms with E-state index in [1.54, 1.807) is 0 Å². The number of H-pyrrole nitrogens is 9. The van der Waals surface area contributed by atoms with Gasteiger partial charge in [-0.1, -0.05) is 97.1 Å². The SMILES string of the molecule is C1=C2C=C3C=c4[nH]ccc4=C(c4ccc5ccc6ccc(nc6c5n4)C4c5[nH]c1cc5C1=c5[nH]c(cc54)=Cc4cc5c([nH]4)C(c4ccc6ccc7ccc1nc7c6n4)c1cc4[nH]c1=C5c1ccc5ccc6ccc(nc6c5n1)C1c5[nH]c(cc5-c5c6ccc7ccc8ccc(nc8c7n6)c6c7cc[nH]c7cc7cc(cc8cc1c5[nH]8)[nH]c76)C=4)C3N2. The van der Waals surface area contributed by atoms with Crippen LogP contribution in [0.3, 0.4) is 0 Å². The molecule has 0 spiro atoms. The van der Waals surface area contributed by atoms with E-state index in [1.807, 2.05) is 12.4 Å². The number of fused-ring (bicyclic) bond motifs is 33. The highest BCUT2D eigenvalue weighted by molar-refractivity contribution is 6.21. The van der Waals surface area contributed by atoms with Crippen molar-refractivity contribution >= 4 is 183 Å². The van der Waals surface area contributed by atoms with Gasteiger partial charge in [-0.15, -0.1) is 0 Å². The van der Waals surface area contributed by atoms with Crippen molar-refractivity contribution in [2.24, 2.45) is 0 Å². The van der Waals surface area contributed by atoms with Gasteiger partial charge in [-0.2, -0.15) is 0 Å². The summed E-state index contributed by atoms with van der Waals surface area (Å²) in [6.07, 6.45) is 15.4. The number of rotatable bonds is 0. The number of aromatic nitrogens is 17. The molecule has 0 fully saturated rings. The Labute approximate surface area is 674 Å². The molecule has 120 heavy (non-hydrogen) atoms. The van der Waals surface area contributed by atoms with Gasteiger partial charge in [0.05, 0.1) is 135 Å². The van der Waals surface area contributed by atoms with E-state index in [-0.39, 0.29) is 17.9 Å². The van der Waals surface area contributed by atoms with Gasteiger partial charge in [0.25, 0.3) is 0 Å². The maximum absolute atomic E-state index is 5.93. The molecule has 0 amide bonds. The van der Waals surface area contributed by atoms with Crippen molar-refractivity contribution in [1.82, 2.24) is 90.0 Å². The summed E-state index contributed by atoms with van der Waals surface area (Å²) in [6.45, 7) is 0. The average Bonchev–Trinajstić information content (AvgIpc) is 1.50. The first-order chi connectivity index (χ1) is 59.3. The van der Waals surface area contributed by atoms with Gasteiger partial charge in [0, 0.05) is 188 Å². The third-order valence-corrected chi connectivity index (χ3v) is 27.2. The largest absolute Gasteiger partial charge is 0.374 e. The number of benzene rings is 5. The van der Waals surface area contributed by atoms with Gasteiger partial charge >= 0.3 is 0 Å². The summed E-state index contributed by atoms with van der Waals surface area (Å²) in [4.78, 5) is 82.0. The lowest BCUT2D eigenvalue weighted by atomic mass is 9.82. The quantitative estimate of drug-likeness (QED) is 0.0647. The number of hydrogen-bond acceptors (Lipinski definition) is 9. The van der Waals surface area contributed by atoms with E-state index in [0.717, 1.165) is 304 Å². The summed E-state index contributed by atoms with van der Waals surface area (Å²) in [7, 11) is 0. The van der Waals surface area contributed by atoms with Crippen molar-refractivity contribution in [3.05, 3.63) is 370 Å². The smallest absolute Gasteiger partial charge is 0.0972 e. The summed E-state index contributed by atoms with van der Waals surface area (Å²) in [5.74, 6) is -1.12. The Morgan fingerprint density at radius 1 is 0.317 bits per heavy atom.